The van der Waals surface area contributed by atoms with E-state index in [1.807, 2.05) is 25.1 Å². The molecule has 3 aromatic rings. The number of allylic oxidation sites excluding steroid dienone is 3. The van der Waals surface area contributed by atoms with Crippen LogP contribution in [0.15, 0.2) is 85.1 Å². The lowest BCUT2D eigenvalue weighted by Gasteiger charge is -2.40. The standard InChI is InChI=1S/C28H27ClF3N3O/c1-35(2)17-16-34-26(36)27(22-6-3-4-7-23(22)28(30,31)32)18-20(19-9-12-21(29)13-10-19)11-14-24(27)25-8-5-15-33-25/h3-15,18,24,33H,16-17H2,1-2H3,(H,34,36). The van der Waals surface area contributed by atoms with Gasteiger partial charge in [0.2, 0.25) is 5.91 Å². The number of amides is 1. The third-order valence-corrected chi connectivity index (χ3v) is 6.63. The fourth-order valence-electron chi connectivity index (χ4n) is 4.65. The fraction of sp³-hybridized carbons (Fsp3) is 0.250. The number of alkyl halides is 3. The molecule has 1 heterocycles. The first-order valence-corrected chi connectivity index (χ1v) is 11.9. The molecule has 0 spiro atoms. The van der Waals surface area contributed by atoms with Gasteiger partial charge in [-0.2, -0.15) is 13.2 Å². The van der Waals surface area contributed by atoms with Crippen LogP contribution in [0.3, 0.4) is 0 Å². The van der Waals surface area contributed by atoms with Crippen LogP contribution in [0.5, 0.6) is 0 Å². The van der Waals surface area contributed by atoms with E-state index in [1.165, 1.54) is 12.1 Å². The number of carbonyl (C=O) groups is 1. The van der Waals surface area contributed by atoms with E-state index in [4.69, 9.17) is 11.6 Å². The van der Waals surface area contributed by atoms with Crippen LogP contribution < -0.4 is 5.32 Å². The highest BCUT2D eigenvalue weighted by Crippen LogP contribution is 2.49. The largest absolute Gasteiger partial charge is 0.416 e. The molecule has 2 atom stereocenters. The Kier molecular flexibility index (Phi) is 7.43. The average Bonchev–Trinajstić information content (AvgIpc) is 3.38. The summed E-state index contributed by atoms with van der Waals surface area (Å²) in [6, 6.07) is 15.9. The lowest BCUT2D eigenvalue weighted by Crippen LogP contribution is -2.50. The Morgan fingerprint density at radius 1 is 1.08 bits per heavy atom. The fourth-order valence-corrected chi connectivity index (χ4v) is 4.77. The molecule has 2 unspecified atom stereocenters. The molecule has 2 N–H and O–H groups in total. The summed E-state index contributed by atoms with van der Waals surface area (Å²) in [5, 5.41) is 3.45. The molecule has 0 saturated heterocycles. The highest BCUT2D eigenvalue weighted by Gasteiger charge is 2.51. The van der Waals surface area contributed by atoms with Crippen molar-refractivity contribution < 1.29 is 18.0 Å². The lowest BCUT2D eigenvalue weighted by atomic mass is 9.63. The van der Waals surface area contributed by atoms with Gasteiger partial charge in [-0.3, -0.25) is 4.79 Å². The van der Waals surface area contributed by atoms with Crippen molar-refractivity contribution in [2.24, 2.45) is 0 Å². The van der Waals surface area contributed by atoms with Crippen LogP contribution in [0, 0.1) is 0 Å². The second-order valence-corrected chi connectivity index (χ2v) is 9.48. The van der Waals surface area contributed by atoms with E-state index in [1.54, 1.807) is 60.8 Å². The first-order valence-electron chi connectivity index (χ1n) is 11.5. The Hall–Kier alpha value is -3.29. The first kappa shape index (κ1) is 25.8. The summed E-state index contributed by atoms with van der Waals surface area (Å²) in [5.74, 6) is -1.21. The van der Waals surface area contributed by atoms with Crippen LogP contribution in [-0.2, 0) is 16.4 Å². The van der Waals surface area contributed by atoms with Crippen LogP contribution in [-0.4, -0.2) is 43.0 Å². The van der Waals surface area contributed by atoms with Gasteiger partial charge in [0.05, 0.1) is 5.56 Å². The summed E-state index contributed by atoms with van der Waals surface area (Å²) < 4.78 is 43.0. The van der Waals surface area contributed by atoms with Crippen molar-refractivity contribution in [3.63, 3.8) is 0 Å². The summed E-state index contributed by atoms with van der Waals surface area (Å²) in [4.78, 5) is 19.1. The molecule has 0 bridgehead atoms. The van der Waals surface area contributed by atoms with Gasteiger partial charge >= 0.3 is 6.18 Å². The molecule has 0 saturated carbocycles. The third-order valence-electron chi connectivity index (χ3n) is 6.38. The number of halogens is 4. The van der Waals surface area contributed by atoms with Crippen LogP contribution in [0.2, 0.25) is 5.02 Å². The minimum Gasteiger partial charge on any atom is -0.364 e. The predicted octanol–water partition coefficient (Wildman–Crippen LogP) is 6.04. The van der Waals surface area contributed by atoms with E-state index in [2.05, 4.69) is 10.3 Å². The summed E-state index contributed by atoms with van der Waals surface area (Å²) >= 11 is 6.06. The maximum atomic E-state index is 14.3. The molecule has 0 aliphatic heterocycles. The Balaban J connectivity index is 1.98. The number of nitrogens with one attached hydrogen (secondary N) is 2. The maximum absolute atomic E-state index is 14.3. The molecule has 1 amide bonds. The molecule has 4 nitrogen and oxygen atoms in total. The van der Waals surface area contributed by atoms with Crippen molar-refractivity contribution in [1.29, 1.82) is 0 Å². The summed E-state index contributed by atoms with van der Waals surface area (Å²) in [6.07, 6.45) is 2.36. The van der Waals surface area contributed by atoms with Gasteiger partial charge in [0.25, 0.3) is 0 Å². The van der Waals surface area contributed by atoms with Gasteiger partial charge in [-0.1, -0.05) is 60.2 Å². The number of aromatic amines is 1. The van der Waals surface area contributed by atoms with E-state index >= 15 is 0 Å². The highest BCUT2D eigenvalue weighted by atomic mass is 35.5. The second-order valence-electron chi connectivity index (χ2n) is 9.04. The van der Waals surface area contributed by atoms with Crippen LogP contribution in [0.25, 0.3) is 5.57 Å². The minimum absolute atomic E-state index is 0.102. The molecule has 8 heteroatoms. The zero-order valence-electron chi connectivity index (χ0n) is 19.9. The van der Waals surface area contributed by atoms with Gasteiger partial charge in [-0.05, 0) is 61.1 Å². The molecule has 0 radical (unpaired) electrons. The van der Waals surface area contributed by atoms with E-state index in [0.717, 1.165) is 11.6 Å². The molecular formula is C28H27ClF3N3O. The molecule has 1 aliphatic rings. The van der Waals surface area contributed by atoms with Gasteiger partial charge in [-0.25, -0.2) is 0 Å². The average molecular weight is 514 g/mol. The monoisotopic (exact) mass is 513 g/mol. The van der Waals surface area contributed by atoms with Gasteiger partial charge < -0.3 is 15.2 Å². The number of nitrogens with zero attached hydrogens (tertiary/aromatic N) is 1. The Bertz CT molecular complexity index is 1260. The zero-order chi connectivity index (χ0) is 25.9. The molecule has 0 fully saturated rings. The predicted molar refractivity (Wildman–Crippen MR) is 137 cm³/mol. The molecule has 2 aromatic carbocycles. The van der Waals surface area contributed by atoms with E-state index in [0.29, 0.717) is 22.8 Å². The minimum atomic E-state index is -4.65. The normalized spacial score (nSPS) is 19.9. The molecule has 36 heavy (non-hydrogen) atoms. The summed E-state index contributed by atoms with van der Waals surface area (Å²) in [5.41, 5.74) is -0.601. The molecule has 1 aliphatic carbocycles. The van der Waals surface area contributed by atoms with Crippen molar-refractivity contribution in [2.45, 2.75) is 17.5 Å². The van der Waals surface area contributed by atoms with Crippen molar-refractivity contribution in [1.82, 2.24) is 15.2 Å². The van der Waals surface area contributed by atoms with Crippen molar-refractivity contribution in [3.8, 4) is 0 Å². The van der Waals surface area contributed by atoms with Crippen molar-refractivity contribution >= 4 is 23.1 Å². The molecular weight excluding hydrogens is 487 g/mol. The molecule has 1 aromatic heterocycles. The number of benzene rings is 2. The number of hydrogen-bond donors (Lipinski definition) is 2. The highest BCUT2D eigenvalue weighted by molar-refractivity contribution is 6.30. The van der Waals surface area contributed by atoms with Gasteiger partial charge in [0.1, 0.15) is 5.41 Å². The Morgan fingerprint density at radius 3 is 2.44 bits per heavy atom. The number of carbonyl (C=O) groups excluding carboxylic acids is 1. The van der Waals surface area contributed by atoms with Crippen molar-refractivity contribution in [3.05, 3.63) is 112 Å². The number of hydrogen-bond acceptors (Lipinski definition) is 2. The van der Waals surface area contributed by atoms with Gasteiger partial charge in [0, 0.05) is 35.9 Å². The SMILES string of the molecule is CN(C)CCNC(=O)C1(c2ccccc2C(F)(F)F)C=C(c2ccc(Cl)cc2)C=CC1c1ccc[nH]1. The number of rotatable bonds is 7. The van der Waals surface area contributed by atoms with Gasteiger partial charge in [0.15, 0.2) is 0 Å². The topological polar surface area (TPSA) is 48.1 Å². The zero-order valence-corrected chi connectivity index (χ0v) is 20.7. The van der Waals surface area contributed by atoms with Crippen LogP contribution >= 0.6 is 11.6 Å². The number of H-pyrrole nitrogens is 1. The molecule has 188 valence electrons. The van der Waals surface area contributed by atoms with E-state index in [9.17, 15) is 18.0 Å². The second kappa shape index (κ2) is 10.4. The van der Waals surface area contributed by atoms with Crippen LogP contribution in [0.1, 0.15) is 28.3 Å². The Labute approximate surface area is 213 Å². The number of aromatic nitrogens is 1. The lowest BCUT2D eigenvalue weighted by molar-refractivity contribution is -0.139. The first-order chi connectivity index (χ1) is 17.1. The maximum Gasteiger partial charge on any atom is 0.416 e. The molecule has 4 rings (SSSR count). The van der Waals surface area contributed by atoms with Crippen LogP contribution in [0.4, 0.5) is 13.2 Å². The van der Waals surface area contributed by atoms with Crippen molar-refractivity contribution in [2.75, 3.05) is 27.2 Å². The summed E-state index contributed by atoms with van der Waals surface area (Å²) in [7, 11) is 3.73. The van der Waals surface area contributed by atoms with E-state index in [-0.39, 0.29) is 12.1 Å². The quantitative estimate of drug-likeness (QED) is 0.404. The van der Waals surface area contributed by atoms with E-state index < -0.39 is 29.0 Å². The Morgan fingerprint density at radius 2 is 1.81 bits per heavy atom. The number of likely N-dealkylation sites (N-methyl/N-ethyl adjacent to an activating group) is 1. The van der Waals surface area contributed by atoms with Gasteiger partial charge in [-0.15, -0.1) is 0 Å². The summed E-state index contributed by atoms with van der Waals surface area (Å²) in [6.45, 7) is 0.826. The third kappa shape index (κ3) is 5.13. The smallest absolute Gasteiger partial charge is 0.364 e.